The van der Waals surface area contributed by atoms with Crippen molar-refractivity contribution in [1.29, 1.82) is 0 Å². The van der Waals surface area contributed by atoms with Crippen LogP contribution >= 0.6 is 0 Å². The van der Waals surface area contributed by atoms with Crippen molar-refractivity contribution < 1.29 is 14.3 Å². The summed E-state index contributed by atoms with van der Waals surface area (Å²) in [5, 5.41) is 5.63. The van der Waals surface area contributed by atoms with Crippen LogP contribution in [0.2, 0.25) is 0 Å². The first-order valence-corrected chi connectivity index (χ1v) is 7.85. The molecule has 24 heavy (non-hydrogen) atoms. The largest absolute Gasteiger partial charge is 0.385 e. The van der Waals surface area contributed by atoms with Gasteiger partial charge in [0.05, 0.1) is 0 Å². The third-order valence-corrected chi connectivity index (χ3v) is 3.51. The lowest BCUT2D eigenvalue weighted by Gasteiger charge is -2.08. The van der Waals surface area contributed by atoms with Crippen molar-refractivity contribution in [1.82, 2.24) is 5.32 Å². The lowest BCUT2D eigenvalue weighted by Crippen LogP contribution is -2.25. The van der Waals surface area contributed by atoms with Crippen molar-refractivity contribution in [2.24, 2.45) is 0 Å². The van der Waals surface area contributed by atoms with Gasteiger partial charge in [0, 0.05) is 37.1 Å². The summed E-state index contributed by atoms with van der Waals surface area (Å²) in [6.45, 7) is 3.12. The average molecular weight is 326 g/mol. The first kappa shape index (κ1) is 17.7. The molecule has 2 rings (SSSR count). The van der Waals surface area contributed by atoms with Crippen molar-refractivity contribution in [2.45, 2.75) is 13.3 Å². The van der Waals surface area contributed by atoms with E-state index in [0.29, 0.717) is 24.3 Å². The van der Waals surface area contributed by atoms with Crippen LogP contribution < -0.4 is 10.6 Å². The normalized spacial score (nSPS) is 10.2. The fourth-order valence-electron chi connectivity index (χ4n) is 2.16. The molecule has 0 radical (unpaired) electrons. The number of amides is 2. The molecule has 0 bridgehead atoms. The minimum Gasteiger partial charge on any atom is -0.385 e. The smallest absolute Gasteiger partial charge is 0.255 e. The fraction of sp³-hybridized carbons (Fsp3) is 0.263. The van der Waals surface area contributed by atoms with Crippen LogP contribution in [0.25, 0.3) is 0 Å². The Kier molecular flexibility index (Phi) is 6.51. The lowest BCUT2D eigenvalue weighted by atomic mass is 10.1. The Labute approximate surface area is 142 Å². The molecule has 0 aliphatic heterocycles. The SMILES string of the molecule is COCCCNC(=O)c1cccc(C(=O)Nc2ccc(C)cc2)c1. The summed E-state index contributed by atoms with van der Waals surface area (Å²) in [6, 6.07) is 14.2. The molecule has 2 aromatic rings. The van der Waals surface area contributed by atoms with Crippen LogP contribution in [-0.4, -0.2) is 32.1 Å². The van der Waals surface area contributed by atoms with E-state index in [0.717, 1.165) is 17.7 Å². The second-order valence-corrected chi connectivity index (χ2v) is 5.50. The number of benzene rings is 2. The summed E-state index contributed by atoms with van der Waals surface area (Å²) in [5.41, 5.74) is 2.75. The highest BCUT2D eigenvalue weighted by molar-refractivity contribution is 6.06. The van der Waals surface area contributed by atoms with Gasteiger partial charge in [0.1, 0.15) is 0 Å². The Morgan fingerprint density at radius 1 is 1.00 bits per heavy atom. The molecule has 0 aromatic heterocycles. The van der Waals surface area contributed by atoms with E-state index in [1.807, 2.05) is 31.2 Å². The average Bonchev–Trinajstić information content (AvgIpc) is 2.60. The van der Waals surface area contributed by atoms with Crippen molar-refractivity contribution in [3.63, 3.8) is 0 Å². The minimum atomic E-state index is -0.243. The van der Waals surface area contributed by atoms with Crippen LogP contribution in [0.5, 0.6) is 0 Å². The summed E-state index contributed by atoms with van der Waals surface area (Å²) in [4.78, 5) is 24.4. The molecule has 2 aromatic carbocycles. The number of nitrogens with one attached hydrogen (secondary N) is 2. The number of hydrogen-bond donors (Lipinski definition) is 2. The molecular formula is C19H22N2O3. The second kappa shape index (κ2) is 8.84. The molecular weight excluding hydrogens is 304 g/mol. The quantitative estimate of drug-likeness (QED) is 0.769. The van der Waals surface area contributed by atoms with Crippen LogP contribution in [0.15, 0.2) is 48.5 Å². The predicted molar refractivity (Wildman–Crippen MR) is 94.4 cm³/mol. The molecule has 0 aliphatic rings. The molecule has 2 N–H and O–H groups in total. The van der Waals surface area contributed by atoms with Crippen molar-refractivity contribution in [3.05, 3.63) is 65.2 Å². The molecule has 0 atom stereocenters. The molecule has 0 heterocycles. The summed E-state index contributed by atoms with van der Waals surface area (Å²) in [6.07, 6.45) is 0.746. The molecule has 126 valence electrons. The molecule has 5 nitrogen and oxygen atoms in total. The summed E-state index contributed by atoms with van der Waals surface area (Å²) in [7, 11) is 1.62. The Hall–Kier alpha value is -2.66. The molecule has 0 spiro atoms. The zero-order chi connectivity index (χ0) is 17.4. The molecule has 0 saturated carbocycles. The lowest BCUT2D eigenvalue weighted by molar-refractivity contribution is 0.0948. The monoisotopic (exact) mass is 326 g/mol. The number of anilines is 1. The maximum atomic E-state index is 12.3. The topological polar surface area (TPSA) is 67.4 Å². The van der Waals surface area contributed by atoms with Crippen LogP contribution in [-0.2, 0) is 4.74 Å². The molecule has 0 unspecified atom stereocenters. The van der Waals surface area contributed by atoms with Crippen LogP contribution in [0.4, 0.5) is 5.69 Å². The fourth-order valence-corrected chi connectivity index (χ4v) is 2.16. The van der Waals surface area contributed by atoms with E-state index in [1.54, 1.807) is 31.4 Å². The van der Waals surface area contributed by atoms with E-state index in [4.69, 9.17) is 4.74 Å². The highest BCUT2D eigenvalue weighted by atomic mass is 16.5. The predicted octanol–water partition coefficient (Wildman–Crippen LogP) is 3.01. The Morgan fingerprint density at radius 2 is 1.67 bits per heavy atom. The van der Waals surface area contributed by atoms with Crippen molar-refractivity contribution in [3.8, 4) is 0 Å². The van der Waals surface area contributed by atoms with E-state index in [1.165, 1.54) is 0 Å². The third-order valence-electron chi connectivity index (χ3n) is 3.51. The van der Waals surface area contributed by atoms with Crippen molar-refractivity contribution in [2.75, 3.05) is 25.6 Å². The number of aryl methyl sites for hydroxylation is 1. The number of carbonyl (C=O) groups excluding carboxylic acids is 2. The first-order valence-electron chi connectivity index (χ1n) is 7.85. The van der Waals surface area contributed by atoms with Gasteiger partial charge in [0.25, 0.3) is 11.8 Å². The number of carbonyl (C=O) groups is 2. The Morgan fingerprint density at radius 3 is 2.33 bits per heavy atom. The summed E-state index contributed by atoms with van der Waals surface area (Å²) < 4.78 is 4.94. The molecule has 5 heteroatoms. The van der Waals surface area contributed by atoms with Crippen molar-refractivity contribution >= 4 is 17.5 Å². The van der Waals surface area contributed by atoms with Gasteiger partial charge in [-0.2, -0.15) is 0 Å². The highest BCUT2D eigenvalue weighted by Gasteiger charge is 2.10. The van der Waals surface area contributed by atoms with E-state index >= 15 is 0 Å². The Balaban J connectivity index is 1.99. The standard InChI is InChI=1S/C19H22N2O3/c1-14-7-9-17(10-8-14)21-19(23)16-6-3-5-15(13-16)18(22)20-11-4-12-24-2/h3,5-10,13H,4,11-12H2,1-2H3,(H,20,22)(H,21,23). The number of rotatable bonds is 7. The van der Waals surface area contributed by atoms with Crippen LogP contribution in [0, 0.1) is 6.92 Å². The molecule has 2 amide bonds. The minimum absolute atomic E-state index is 0.198. The van der Waals surface area contributed by atoms with Gasteiger partial charge < -0.3 is 15.4 Å². The molecule has 0 fully saturated rings. The highest BCUT2D eigenvalue weighted by Crippen LogP contribution is 2.12. The second-order valence-electron chi connectivity index (χ2n) is 5.50. The number of methoxy groups -OCH3 is 1. The first-order chi connectivity index (χ1) is 11.6. The number of ether oxygens (including phenoxy) is 1. The van der Waals surface area contributed by atoms with Gasteiger partial charge in [-0.1, -0.05) is 23.8 Å². The maximum Gasteiger partial charge on any atom is 0.255 e. The van der Waals surface area contributed by atoms with Gasteiger partial charge in [-0.15, -0.1) is 0 Å². The maximum absolute atomic E-state index is 12.3. The van der Waals surface area contributed by atoms with E-state index in [2.05, 4.69) is 10.6 Å². The van der Waals surface area contributed by atoms with Gasteiger partial charge in [0.15, 0.2) is 0 Å². The van der Waals surface area contributed by atoms with Crippen LogP contribution in [0.3, 0.4) is 0 Å². The molecule has 0 aliphatic carbocycles. The van der Waals surface area contributed by atoms with Gasteiger partial charge in [-0.05, 0) is 43.7 Å². The van der Waals surface area contributed by atoms with Gasteiger partial charge in [-0.25, -0.2) is 0 Å². The third kappa shape index (κ3) is 5.21. The zero-order valence-electron chi connectivity index (χ0n) is 14.0. The van der Waals surface area contributed by atoms with Gasteiger partial charge in [0.2, 0.25) is 0 Å². The Bertz CT molecular complexity index is 696. The van der Waals surface area contributed by atoms with Gasteiger partial charge in [-0.3, -0.25) is 9.59 Å². The summed E-state index contributed by atoms with van der Waals surface area (Å²) >= 11 is 0. The number of hydrogen-bond acceptors (Lipinski definition) is 3. The van der Waals surface area contributed by atoms with E-state index in [-0.39, 0.29) is 11.8 Å². The van der Waals surface area contributed by atoms with Gasteiger partial charge >= 0.3 is 0 Å². The van der Waals surface area contributed by atoms with Crippen LogP contribution in [0.1, 0.15) is 32.7 Å². The van der Waals surface area contributed by atoms with E-state index < -0.39 is 0 Å². The summed E-state index contributed by atoms with van der Waals surface area (Å²) in [5.74, 6) is -0.441. The zero-order valence-corrected chi connectivity index (χ0v) is 14.0. The molecule has 0 saturated heterocycles. The van der Waals surface area contributed by atoms with E-state index in [9.17, 15) is 9.59 Å².